The first-order valence-electron chi connectivity index (χ1n) is 4.43. The van der Waals surface area contributed by atoms with E-state index in [-0.39, 0.29) is 23.9 Å². The molecule has 74 valence electrons. The van der Waals surface area contributed by atoms with Crippen molar-refractivity contribution in [1.29, 1.82) is 0 Å². The third-order valence-corrected chi connectivity index (χ3v) is 2.05. The van der Waals surface area contributed by atoms with E-state index >= 15 is 0 Å². The van der Waals surface area contributed by atoms with E-state index in [1.165, 1.54) is 0 Å². The van der Waals surface area contributed by atoms with Crippen molar-refractivity contribution in [1.82, 2.24) is 10.6 Å². The zero-order valence-corrected chi connectivity index (χ0v) is 7.67. The van der Waals surface area contributed by atoms with Crippen molar-refractivity contribution in [2.45, 2.75) is 31.8 Å². The Labute approximate surface area is 77.1 Å². The Morgan fingerprint density at radius 3 is 3.00 bits per heavy atom. The Hall–Kier alpha value is -1.10. The number of rotatable bonds is 3. The van der Waals surface area contributed by atoms with E-state index in [9.17, 15) is 9.59 Å². The van der Waals surface area contributed by atoms with E-state index in [0.29, 0.717) is 19.4 Å². The molecule has 0 aromatic heterocycles. The lowest BCUT2D eigenvalue weighted by Crippen LogP contribution is -2.47. The molecule has 2 atom stereocenters. The number of hydrogen-bond donors (Lipinski definition) is 3. The smallest absolute Gasteiger partial charge is 0.242 e. The lowest BCUT2D eigenvalue weighted by atomic mass is 10.2. The SMILES string of the molecule is CC(CN)NC(=O)[C@H]1CCC(=O)N1. The summed E-state index contributed by atoms with van der Waals surface area (Å²) in [6.07, 6.45) is 1.02. The summed E-state index contributed by atoms with van der Waals surface area (Å²) in [6, 6.07) is -0.397. The molecule has 1 unspecified atom stereocenters. The Balaban J connectivity index is 2.35. The molecule has 1 heterocycles. The zero-order chi connectivity index (χ0) is 9.84. The van der Waals surface area contributed by atoms with Gasteiger partial charge in [0.15, 0.2) is 0 Å². The van der Waals surface area contributed by atoms with Gasteiger partial charge in [0.25, 0.3) is 0 Å². The van der Waals surface area contributed by atoms with Crippen LogP contribution in [0.3, 0.4) is 0 Å². The van der Waals surface area contributed by atoms with Crippen LogP contribution in [-0.4, -0.2) is 30.4 Å². The van der Waals surface area contributed by atoms with Gasteiger partial charge < -0.3 is 16.4 Å². The first kappa shape index (κ1) is 9.98. The van der Waals surface area contributed by atoms with Gasteiger partial charge in [-0.3, -0.25) is 9.59 Å². The van der Waals surface area contributed by atoms with E-state index in [2.05, 4.69) is 10.6 Å². The lowest BCUT2D eigenvalue weighted by Gasteiger charge is -2.15. The van der Waals surface area contributed by atoms with Crippen LogP contribution in [0, 0.1) is 0 Å². The highest BCUT2D eigenvalue weighted by atomic mass is 16.2. The monoisotopic (exact) mass is 185 g/mol. The minimum Gasteiger partial charge on any atom is -0.351 e. The maximum Gasteiger partial charge on any atom is 0.242 e. The molecule has 1 rings (SSSR count). The average Bonchev–Trinajstić information content (AvgIpc) is 2.51. The number of hydrogen-bond acceptors (Lipinski definition) is 3. The van der Waals surface area contributed by atoms with Crippen LogP contribution in [0.4, 0.5) is 0 Å². The predicted octanol–water partition coefficient (Wildman–Crippen LogP) is -1.27. The van der Waals surface area contributed by atoms with Gasteiger partial charge >= 0.3 is 0 Å². The van der Waals surface area contributed by atoms with Crippen LogP contribution in [0.25, 0.3) is 0 Å². The van der Waals surface area contributed by atoms with Crippen molar-refractivity contribution in [2.75, 3.05) is 6.54 Å². The van der Waals surface area contributed by atoms with Crippen molar-refractivity contribution >= 4 is 11.8 Å². The van der Waals surface area contributed by atoms with Gasteiger partial charge in [-0.2, -0.15) is 0 Å². The van der Waals surface area contributed by atoms with E-state index in [1.807, 2.05) is 6.92 Å². The molecule has 2 amide bonds. The quantitative estimate of drug-likeness (QED) is 0.512. The minimum atomic E-state index is -0.360. The highest BCUT2D eigenvalue weighted by Crippen LogP contribution is 2.06. The van der Waals surface area contributed by atoms with Crippen molar-refractivity contribution < 1.29 is 9.59 Å². The third kappa shape index (κ3) is 2.69. The number of amides is 2. The molecule has 13 heavy (non-hydrogen) atoms. The number of nitrogens with two attached hydrogens (primary N) is 1. The van der Waals surface area contributed by atoms with Gasteiger partial charge in [0.05, 0.1) is 0 Å². The Bertz CT molecular complexity index is 217. The minimum absolute atomic E-state index is 0.0370. The summed E-state index contributed by atoms with van der Waals surface area (Å²) >= 11 is 0. The second-order valence-electron chi connectivity index (χ2n) is 3.30. The average molecular weight is 185 g/mol. The maximum atomic E-state index is 11.4. The van der Waals surface area contributed by atoms with Crippen molar-refractivity contribution in [2.24, 2.45) is 5.73 Å². The molecule has 5 nitrogen and oxygen atoms in total. The van der Waals surface area contributed by atoms with Crippen LogP contribution in [0.5, 0.6) is 0 Å². The maximum absolute atomic E-state index is 11.4. The van der Waals surface area contributed by atoms with Gasteiger partial charge in [-0.15, -0.1) is 0 Å². The molecule has 0 saturated carbocycles. The van der Waals surface area contributed by atoms with Gasteiger partial charge in [0.1, 0.15) is 6.04 Å². The Morgan fingerprint density at radius 1 is 1.85 bits per heavy atom. The summed E-state index contributed by atoms with van der Waals surface area (Å²) in [5.41, 5.74) is 5.34. The second kappa shape index (κ2) is 4.23. The summed E-state index contributed by atoms with van der Waals surface area (Å²) in [5, 5.41) is 5.30. The van der Waals surface area contributed by atoms with Crippen LogP contribution >= 0.6 is 0 Å². The molecule has 5 heteroatoms. The number of carbonyl (C=O) groups excluding carboxylic acids is 2. The molecule has 1 fully saturated rings. The second-order valence-corrected chi connectivity index (χ2v) is 3.30. The molecular formula is C8H15N3O2. The summed E-state index contributed by atoms with van der Waals surface area (Å²) in [6.45, 7) is 2.24. The first-order chi connectivity index (χ1) is 6.13. The number of nitrogens with one attached hydrogen (secondary N) is 2. The summed E-state index contributed by atoms with van der Waals surface area (Å²) in [5.74, 6) is -0.190. The molecule has 0 aromatic rings. The molecular weight excluding hydrogens is 170 g/mol. The van der Waals surface area contributed by atoms with Gasteiger partial charge in [-0.1, -0.05) is 0 Å². The fraction of sp³-hybridized carbons (Fsp3) is 0.750. The van der Waals surface area contributed by atoms with Gasteiger partial charge in [-0.25, -0.2) is 0 Å². The molecule has 1 aliphatic rings. The predicted molar refractivity (Wildman–Crippen MR) is 47.8 cm³/mol. The molecule has 4 N–H and O–H groups in total. The fourth-order valence-corrected chi connectivity index (χ4v) is 1.21. The number of carbonyl (C=O) groups is 2. The molecule has 0 spiro atoms. The molecule has 1 aliphatic heterocycles. The van der Waals surface area contributed by atoms with Crippen molar-refractivity contribution in [3.8, 4) is 0 Å². The topological polar surface area (TPSA) is 84.2 Å². The van der Waals surface area contributed by atoms with Crippen LogP contribution in [0.1, 0.15) is 19.8 Å². The van der Waals surface area contributed by atoms with Crippen LogP contribution in [0.15, 0.2) is 0 Å². The standard InChI is InChI=1S/C8H15N3O2/c1-5(4-9)10-8(13)6-2-3-7(12)11-6/h5-6H,2-4,9H2,1H3,(H,10,13)(H,11,12)/t5?,6-/m1/s1. The molecule has 0 bridgehead atoms. The lowest BCUT2D eigenvalue weighted by molar-refractivity contribution is -0.126. The van der Waals surface area contributed by atoms with E-state index in [1.54, 1.807) is 0 Å². The molecule has 0 radical (unpaired) electrons. The van der Waals surface area contributed by atoms with Gasteiger partial charge in [-0.05, 0) is 13.3 Å². The zero-order valence-electron chi connectivity index (χ0n) is 7.67. The largest absolute Gasteiger partial charge is 0.351 e. The van der Waals surface area contributed by atoms with E-state index in [0.717, 1.165) is 0 Å². The fourth-order valence-electron chi connectivity index (χ4n) is 1.21. The highest BCUT2D eigenvalue weighted by molar-refractivity contribution is 5.90. The molecule has 0 aliphatic carbocycles. The molecule has 0 aromatic carbocycles. The third-order valence-electron chi connectivity index (χ3n) is 2.05. The van der Waals surface area contributed by atoms with Gasteiger partial charge in [0.2, 0.25) is 11.8 Å². The molecule has 1 saturated heterocycles. The Kier molecular flexibility index (Phi) is 3.25. The van der Waals surface area contributed by atoms with Gasteiger partial charge in [0, 0.05) is 19.0 Å². The first-order valence-corrected chi connectivity index (χ1v) is 4.43. The highest BCUT2D eigenvalue weighted by Gasteiger charge is 2.27. The summed E-state index contributed by atoms with van der Waals surface area (Å²) < 4.78 is 0. The summed E-state index contributed by atoms with van der Waals surface area (Å²) in [4.78, 5) is 22.2. The van der Waals surface area contributed by atoms with E-state index in [4.69, 9.17) is 5.73 Å². The van der Waals surface area contributed by atoms with E-state index < -0.39 is 0 Å². The van der Waals surface area contributed by atoms with Crippen molar-refractivity contribution in [3.05, 3.63) is 0 Å². The van der Waals surface area contributed by atoms with Crippen LogP contribution < -0.4 is 16.4 Å². The van der Waals surface area contributed by atoms with Crippen LogP contribution in [-0.2, 0) is 9.59 Å². The normalized spacial score (nSPS) is 23.8. The Morgan fingerprint density at radius 2 is 2.54 bits per heavy atom. The summed E-state index contributed by atoms with van der Waals surface area (Å²) in [7, 11) is 0. The van der Waals surface area contributed by atoms with Crippen LogP contribution in [0.2, 0.25) is 0 Å². The van der Waals surface area contributed by atoms with Crippen molar-refractivity contribution in [3.63, 3.8) is 0 Å².